The van der Waals surface area contributed by atoms with E-state index in [2.05, 4.69) is 0 Å². The van der Waals surface area contributed by atoms with Crippen molar-refractivity contribution in [2.24, 2.45) is 0 Å². The van der Waals surface area contributed by atoms with Crippen molar-refractivity contribution in [2.45, 2.75) is 33.1 Å². The van der Waals surface area contributed by atoms with Crippen LogP contribution in [-0.2, 0) is 9.59 Å². The molecule has 3 heterocycles. The van der Waals surface area contributed by atoms with Crippen LogP contribution >= 0.6 is 11.8 Å². The highest BCUT2D eigenvalue weighted by molar-refractivity contribution is 8.18. The van der Waals surface area contributed by atoms with Crippen molar-refractivity contribution in [3.63, 3.8) is 0 Å². The number of aryl methyl sites for hydroxylation is 1. The molecule has 0 radical (unpaired) electrons. The Hall–Kier alpha value is -3.40. The van der Waals surface area contributed by atoms with Gasteiger partial charge >= 0.3 is 0 Å². The van der Waals surface area contributed by atoms with Crippen LogP contribution in [0.5, 0.6) is 0 Å². The lowest BCUT2D eigenvalue weighted by Gasteiger charge is -2.27. The van der Waals surface area contributed by atoms with Crippen LogP contribution < -0.4 is 0 Å². The predicted molar refractivity (Wildman–Crippen MR) is 125 cm³/mol. The first kappa shape index (κ1) is 22.8. The van der Waals surface area contributed by atoms with E-state index in [1.165, 1.54) is 12.1 Å². The number of nitro groups is 1. The van der Waals surface area contributed by atoms with E-state index in [0.29, 0.717) is 18.8 Å². The molecule has 1 aromatic carbocycles. The van der Waals surface area contributed by atoms with Crippen LogP contribution in [0.1, 0.15) is 36.2 Å². The van der Waals surface area contributed by atoms with Crippen LogP contribution in [0, 0.1) is 24.0 Å². The number of imide groups is 1. The average Bonchev–Trinajstić information content (AvgIpc) is 3.23. The smallest absolute Gasteiger partial charge is 0.294 e. The summed E-state index contributed by atoms with van der Waals surface area (Å²) >= 11 is 0.820. The number of non-ortho nitro benzene ring substituents is 1. The quantitative estimate of drug-likeness (QED) is 0.372. The topological polar surface area (TPSA) is 106 Å². The van der Waals surface area contributed by atoms with Crippen molar-refractivity contribution < 1.29 is 19.3 Å². The zero-order valence-corrected chi connectivity index (χ0v) is 19.3. The number of amides is 3. The number of likely N-dealkylation sites (tertiary alicyclic amines) is 1. The van der Waals surface area contributed by atoms with Crippen molar-refractivity contribution >= 4 is 40.6 Å². The second-order valence-electron chi connectivity index (χ2n) is 8.15. The fourth-order valence-electron chi connectivity index (χ4n) is 4.23. The maximum absolute atomic E-state index is 12.9. The zero-order chi connectivity index (χ0) is 23.7. The highest BCUT2D eigenvalue weighted by atomic mass is 32.2. The van der Waals surface area contributed by atoms with E-state index >= 15 is 0 Å². The summed E-state index contributed by atoms with van der Waals surface area (Å²) in [6.07, 6.45) is 4.61. The fraction of sp³-hybridized carbons (Fsp3) is 0.348. The lowest BCUT2D eigenvalue weighted by atomic mass is 10.1. The Balaban J connectivity index is 1.57. The Morgan fingerprint density at radius 2 is 1.88 bits per heavy atom. The first-order valence-corrected chi connectivity index (χ1v) is 11.5. The monoisotopic (exact) mass is 468 g/mol. The van der Waals surface area contributed by atoms with Gasteiger partial charge in [0.25, 0.3) is 16.8 Å². The summed E-state index contributed by atoms with van der Waals surface area (Å²) in [4.78, 5) is 51.6. The minimum Gasteiger partial charge on any atom is -0.341 e. The molecule has 33 heavy (non-hydrogen) atoms. The highest BCUT2D eigenvalue weighted by Gasteiger charge is 2.37. The molecule has 0 aliphatic carbocycles. The summed E-state index contributed by atoms with van der Waals surface area (Å²) < 4.78 is 1.86. The van der Waals surface area contributed by atoms with Gasteiger partial charge in [0.15, 0.2) is 0 Å². The number of hydrogen-bond acceptors (Lipinski definition) is 6. The summed E-state index contributed by atoms with van der Waals surface area (Å²) in [5.41, 5.74) is 2.97. The number of aromatic nitrogens is 1. The summed E-state index contributed by atoms with van der Waals surface area (Å²) in [6, 6.07) is 8.18. The average molecular weight is 469 g/mol. The number of carbonyl (C=O) groups excluding carboxylic acids is 3. The van der Waals surface area contributed by atoms with E-state index in [1.807, 2.05) is 24.5 Å². The molecule has 2 aromatic rings. The number of hydrogen-bond donors (Lipinski definition) is 0. The molecule has 3 amide bonds. The molecule has 0 atom stereocenters. The molecule has 172 valence electrons. The van der Waals surface area contributed by atoms with Crippen LogP contribution in [0.4, 0.5) is 10.5 Å². The molecule has 10 heteroatoms. The van der Waals surface area contributed by atoms with Gasteiger partial charge in [0.1, 0.15) is 6.54 Å². The van der Waals surface area contributed by atoms with Crippen LogP contribution in [0.2, 0.25) is 0 Å². The number of carbonyl (C=O) groups is 3. The predicted octanol–water partition coefficient (Wildman–Crippen LogP) is 4.05. The standard InChI is InChI=1S/C23H24N4O5S/c1-15-11-17(16(2)26(15)18-7-6-8-19(13-18)27(31)32)12-20-22(29)25(23(30)33-20)14-21(28)24-9-4-3-5-10-24/h6-8,11-13H,3-5,9-10,14H2,1-2H3. The minimum absolute atomic E-state index is 0.0129. The third-order valence-corrected chi connectivity index (χ3v) is 6.84. The van der Waals surface area contributed by atoms with E-state index in [9.17, 15) is 24.5 Å². The molecule has 2 saturated heterocycles. The van der Waals surface area contributed by atoms with Crippen molar-refractivity contribution in [1.29, 1.82) is 0 Å². The third kappa shape index (κ3) is 4.56. The molecule has 0 bridgehead atoms. The van der Waals surface area contributed by atoms with Crippen molar-refractivity contribution in [1.82, 2.24) is 14.4 Å². The van der Waals surface area contributed by atoms with E-state index in [1.54, 1.807) is 23.1 Å². The van der Waals surface area contributed by atoms with E-state index in [0.717, 1.165) is 52.9 Å². The van der Waals surface area contributed by atoms with Gasteiger partial charge in [-0.15, -0.1) is 0 Å². The molecule has 1 aromatic heterocycles. The van der Waals surface area contributed by atoms with Crippen LogP contribution in [0.15, 0.2) is 35.2 Å². The maximum Gasteiger partial charge on any atom is 0.294 e. The van der Waals surface area contributed by atoms with Gasteiger partial charge in [0.05, 0.1) is 15.5 Å². The Morgan fingerprint density at radius 3 is 2.58 bits per heavy atom. The molecule has 2 aliphatic heterocycles. The number of rotatable bonds is 5. The lowest BCUT2D eigenvalue weighted by molar-refractivity contribution is -0.384. The van der Waals surface area contributed by atoms with Crippen LogP contribution in [0.3, 0.4) is 0 Å². The fourth-order valence-corrected chi connectivity index (χ4v) is 5.06. The second kappa shape index (κ2) is 9.22. The van der Waals surface area contributed by atoms with Gasteiger partial charge in [-0.1, -0.05) is 6.07 Å². The molecule has 2 fully saturated rings. The molecule has 4 rings (SSSR count). The molecular formula is C23H24N4O5S. The van der Waals surface area contributed by atoms with E-state index in [-0.39, 0.29) is 23.0 Å². The number of piperidine rings is 1. The number of thioether (sulfide) groups is 1. The summed E-state index contributed by atoms with van der Waals surface area (Å²) in [5, 5.41) is 10.7. The van der Waals surface area contributed by atoms with Gasteiger partial charge in [-0.2, -0.15) is 0 Å². The Labute approximate surface area is 195 Å². The van der Waals surface area contributed by atoms with Gasteiger partial charge in [-0.25, -0.2) is 0 Å². The normalized spacial score (nSPS) is 17.8. The SMILES string of the molecule is Cc1cc(C=C2SC(=O)N(CC(=O)N3CCCCC3)C2=O)c(C)n1-c1cccc([N+](=O)[O-])c1. The summed E-state index contributed by atoms with van der Waals surface area (Å²) in [6.45, 7) is 4.80. The maximum atomic E-state index is 12.9. The first-order valence-electron chi connectivity index (χ1n) is 10.7. The summed E-state index contributed by atoms with van der Waals surface area (Å²) in [5.74, 6) is -0.683. The zero-order valence-electron chi connectivity index (χ0n) is 18.4. The third-order valence-electron chi connectivity index (χ3n) is 5.93. The van der Waals surface area contributed by atoms with Crippen molar-refractivity contribution in [2.75, 3.05) is 19.6 Å². The molecule has 0 N–H and O–H groups in total. The van der Waals surface area contributed by atoms with Crippen LogP contribution in [0.25, 0.3) is 11.8 Å². The van der Waals surface area contributed by atoms with Crippen molar-refractivity contribution in [3.05, 3.63) is 62.3 Å². The number of nitro benzene ring substituents is 1. The Bertz CT molecular complexity index is 1180. The first-order chi connectivity index (χ1) is 15.8. The second-order valence-corrected chi connectivity index (χ2v) is 9.14. The number of benzene rings is 1. The molecule has 2 aliphatic rings. The summed E-state index contributed by atoms with van der Waals surface area (Å²) in [7, 11) is 0. The van der Waals surface area contributed by atoms with Gasteiger partial charge in [0.2, 0.25) is 5.91 Å². The van der Waals surface area contributed by atoms with E-state index < -0.39 is 16.1 Å². The molecule has 0 saturated carbocycles. The van der Waals surface area contributed by atoms with Gasteiger partial charge in [-0.05, 0) is 68.6 Å². The molecule has 0 spiro atoms. The Kier molecular flexibility index (Phi) is 6.37. The molecule has 9 nitrogen and oxygen atoms in total. The minimum atomic E-state index is -0.476. The molecule has 0 unspecified atom stereocenters. The largest absolute Gasteiger partial charge is 0.341 e. The highest BCUT2D eigenvalue weighted by Crippen LogP contribution is 2.34. The van der Waals surface area contributed by atoms with Crippen molar-refractivity contribution in [3.8, 4) is 5.69 Å². The van der Waals surface area contributed by atoms with Crippen LogP contribution in [-0.4, -0.2) is 56.0 Å². The van der Waals surface area contributed by atoms with Gasteiger partial charge < -0.3 is 9.47 Å². The van der Waals surface area contributed by atoms with E-state index in [4.69, 9.17) is 0 Å². The van der Waals surface area contributed by atoms with Gasteiger partial charge in [0, 0.05) is 36.6 Å². The molecular weight excluding hydrogens is 444 g/mol. The number of nitrogens with zero attached hydrogens (tertiary/aromatic N) is 4. The lowest BCUT2D eigenvalue weighted by Crippen LogP contribution is -2.44. The van der Waals surface area contributed by atoms with Gasteiger partial charge in [-0.3, -0.25) is 29.4 Å². The Morgan fingerprint density at radius 1 is 1.15 bits per heavy atom.